The maximum Gasteiger partial charge on any atom is 0.244 e. The molecule has 0 fully saturated rings. The summed E-state index contributed by atoms with van der Waals surface area (Å²) in [6, 6.07) is 16.6. The summed E-state index contributed by atoms with van der Waals surface area (Å²) in [5, 5.41) is 13.1. The highest BCUT2D eigenvalue weighted by Crippen LogP contribution is 2.21. The molecule has 2 aromatic rings. The lowest BCUT2D eigenvalue weighted by molar-refractivity contribution is -0.116. The van der Waals surface area contributed by atoms with Gasteiger partial charge in [-0.25, -0.2) is 0 Å². The molecular weight excluding hydrogens is 286 g/mol. The number of hydrogen-bond donors (Lipinski definition) is 2. The zero-order valence-corrected chi connectivity index (χ0v) is 12.1. The van der Waals surface area contributed by atoms with Crippen LogP contribution < -0.4 is 5.32 Å². The standard InChI is InChI=1S/C17H16ClNO2/c18-15-9-5-4-8-14(15)16(20)12-19-17(21)11-10-13-6-2-1-3-7-13/h1-11,16,20H,12H2,(H,19,21)/b11-10+. The van der Waals surface area contributed by atoms with Gasteiger partial charge in [0.25, 0.3) is 0 Å². The summed E-state index contributed by atoms with van der Waals surface area (Å²) in [4.78, 5) is 11.7. The van der Waals surface area contributed by atoms with Crippen LogP contribution in [0.3, 0.4) is 0 Å². The molecule has 1 atom stereocenters. The fraction of sp³-hybridized carbons (Fsp3) is 0.118. The molecule has 0 saturated carbocycles. The lowest BCUT2D eigenvalue weighted by Crippen LogP contribution is -2.26. The fourth-order valence-corrected chi connectivity index (χ4v) is 2.11. The maximum absolute atomic E-state index is 11.7. The van der Waals surface area contributed by atoms with Crippen molar-refractivity contribution < 1.29 is 9.90 Å². The summed E-state index contributed by atoms with van der Waals surface area (Å²) in [5.74, 6) is -0.259. The lowest BCUT2D eigenvalue weighted by Gasteiger charge is -2.12. The van der Waals surface area contributed by atoms with E-state index in [1.165, 1.54) is 6.08 Å². The van der Waals surface area contributed by atoms with Crippen molar-refractivity contribution in [3.05, 3.63) is 76.8 Å². The van der Waals surface area contributed by atoms with Gasteiger partial charge in [0.2, 0.25) is 5.91 Å². The van der Waals surface area contributed by atoms with E-state index in [4.69, 9.17) is 11.6 Å². The average Bonchev–Trinajstić information content (AvgIpc) is 2.52. The van der Waals surface area contributed by atoms with Crippen LogP contribution in [0.25, 0.3) is 6.08 Å². The van der Waals surface area contributed by atoms with Gasteiger partial charge in [0.15, 0.2) is 0 Å². The van der Waals surface area contributed by atoms with Crippen LogP contribution in [0, 0.1) is 0 Å². The highest BCUT2D eigenvalue weighted by atomic mass is 35.5. The van der Waals surface area contributed by atoms with Gasteiger partial charge in [-0.2, -0.15) is 0 Å². The Morgan fingerprint density at radius 1 is 1.14 bits per heavy atom. The number of carbonyl (C=O) groups excluding carboxylic acids is 1. The monoisotopic (exact) mass is 301 g/mol. The van der Waals surface area contributed by atoms with Gasteiger partial charge in [0.1, 0.15) is 0 Å². The predicted octanol–water partition coefficient (Wildman–Crippen LogP) is 3.20. The second-order valence-electron chi connectivity index (χ2n) is 4.53. The van der Waals surface area contributed by atoms with E-state index in [1.807, 2.05) is 30.3 Å². The Bertz CT molecular complexity index is 626. The van der Waals surface area contributed by atoms with Crippen molar-refractivity contribution in [1.82, 2.24) is 5.32 Å². The Labute approximate surface area is 128 Å². The number of rotatable bonds is 5. The lowest BCUT2D eigenvalue weighted by atomic mass is 10.1. The topological polar surface area (TPSA) is 49.3 Å². The first-order valence-electron chi connectivity index (χ1n) is 6.60. The summed E-state index contributed by atoms with van der Waals surface area (Å²) in [6.45, 7) is 0.113. The van der Waals surface area contributed by atoms with Gasteiger partial charge in [0, 0.05) is 23.2 Å². The minimum Gasteiger partial charge on any atom is -0.387 e. The summed E-state index contributed by atoms with van der Waals surface area (Å²) in [5.41, 5.74) is 1.55. The van der Waals surface area contributed by atoms with Crippen molar-refractivity contribution in [2.45, 2.75) is 6.10 Å². The van der Waals surface area contributed by atoms with Crippen molar-refractivity contribution in [1.29, 1.82) is 0 Å². The molecule has 0 heterocycles. The van der Waals surface area contributed by atoms with Crippen LogP contribution >= 0.6 is 11.6 Å². The van der Waals surface area contributed by atoms with E-state index in [2.05, 4.69) is 5.32 Å². The second-order valence-corrected chi connectivity index (χ2v) is 4.93. The molecule has 2 rings (SSSR count). The summed E-state index contributed by atoms with van der Waals surface area (Å²) in [6.07, 6.45) is 2.33. The Morgan fingerprint density at radius 3 is 2.52 bits per heavy atom. The van der Waals surface area contributed by atoms with Gasteiger partial charge in [-0.3, -0.25) is 4.79 Å². The molecule has 1 amide bonds. The number of halogens is 1. The van der Waals surface area contributed by atoms with Gasteiger partial charge in [-0.15, -0.1) is 0 Å². The fourth-order valence-electron chi connectivity index (χ4n) is 1.85. The Balaban J connectivity index is 1.87. The van der Waals surface area contributed by atoms with E-state index in [-0.39, 0.29) is 12.5 Å². The third-order valence-electron chi connectivity index (χ3n) is 2.96. The molecule has 2 aromatic carbocycles. The summed E-state index contributed by atoms with van der Waals surface area (Å²) in [7, 11) is 0. The smallest absolute Gasteiger partial charge is 0.244 e. The first-order valence-corrected chi connectivity index (χ1v) is 6.98. The van der Waals surface area contributed by atoms with Crippen molar-refractivity contribution in [3.63, 3.8) is 0 Å². The molecule has 0 aliphatic heterocycles. The molecule has 21 heavy (non-hydrogen) atoms. The van der Waals surface area contributed by atoms with Crippen LogP contribution in [0.2, 0.25) is 5.02 Å². The van der Waals surface area contributed by atoms with Crippen LogP contribution in [-0.2, 0) is 4.79 Å². The number of hydrogen-bond acceptors (Lipinski definition) is 2. The molecule has 0 aromatic heterocycles. The van der Waals surface area contributed by atoms with Crippen LogP contribution in [0.4, 0.5) is 0 Å². The highest BCUT2D eigenvalue weighted by molar-refractivity contribution is 6.31. The molecule has 108 valence electrons. The van der Waals surface area contributed by atoms with Crippen LogP contribution in [0.15, 0.2) is 60.7 Å². The molecule has 3 nitrogen and oxygen atoms in total. The molecule has 0 bridgehead atoms. The SMILES string of the molecule is O=C(/C=C/c1ccccc1)NCC(O)c1ccccc1Cl. The zero-order valence-electron chi connectivity index (χ0n) is 11.4. The number of aliphatic hydroxyl groups is 1. The van der Waals surface area contributed by atoms with Gasteiger partial charge < -0.3 is 10.4 Å². The first kappa shape index (κ1) is 15.3. The van der Waals surface area contributed by atoms with Gasteiger partial charge in [0.05, 0.1) is 6.10 Å². The normalized spacial score (nSPS) is 12.3. The van der Waals surface area contributed by atoms with Crippen LogP contribution in [-0.4, -0.2) is 17.6 Å². The second kappa shape index (κ2) is 7.62. The molecular formula is C17H16ClNO2. The average molecular weight is 302 g/mol. The van der Waals surface area contributed by atoms with E-state index in [9.17, 15) is 9.90 Å². The summed E-state index contributed by atoms with van der Waals surface area (Å²) >= 11 is 5.99. The molecule has 0 saturated heterocycles. The van der Waals surface area contributed by atoms with Crippen molar-refractivity contribution in [2.24, 2.45) is 0 Å². The molecule has 0 aliphatic rings. The van der Waals surface area contributed by atoms with Crippen molar-refractivity contribution in [3.8, 4) is 0 Å². The zero-order chi connectivity index (χ0) is 15.1. The van der Waals surface area contributed by atoms with Gasteiger partial charge in [-0.1, -0.05) is 60.1 Å². The van der Waals surface area contributed by atoms with E-state index >= 15 is 0 Å². The Hall–Kier alpha value is -2.10. The molecule has 1 unspecified atom stereocenters. The molecule has 0 spiro atoms. The molecule has 0 aliphatic carbocycles. The quantitative estimate of drug-likeness (QED) is 0.833. The minimum absolute atomic E-state index is 0.113. The van der Waals surface area contributed by atoms with Crippen LogP contribution in [0.1, 0.15) is 17.2 Å². The van der Waals surface area contributed by atoms with E-state index in [0.29, 0.717) is 10.6 Å². The third-order valence-corrected chi connectivity index (χ3v) is 3.30. The number of amides is 1. The third kappa shape index (κ3) is 4.74. The van der Waals surface area contributed by atoms with Crippen LogP contribution in [0.5, 0.6) is 0 Å². The maximum atomic E-state index is 11.7. The highest BCUT2D eigenvalue weighted by Gasteiger charge is 2.11. The predicted molar refractivity (Wildman–Crippen MR) is 84.9 cm³/mol. The van der Waals surface area contributed by atoms with E-state index < -0.39 is 6.10 Å². The van der Waals surface area contributed by atoms with E-state index in [0.717, 1.165) is 5.56 Å². The number of benzene rings is 2. The molecule has 0 radical (unpaired) electrons. The minimum atomic E-state index is -0.826. The molecule has 4 heteroatoms. The summed E-state index contributed by atoms with van der Waals surface area (Å²) < 4.78 is 0. The number of nitrogens with one attached hydrogen (secondary N) is 1. The largest absolute Gasteiger partial charge is 0.387 e. The Morgan fingerprint density at radius 2 is 1.81 bits per heavy atom. The van der Waals surface area contributed by atoms with Crippen molar-refractivity contribution in [2.75, 3.05) is 6.54 Å². The van der Waals surface area contributed by atoms with E-state index in [1.54, 1.807) is 30.3 Å². The van der Waals surface area contributed by atoms with Crippen molar-refractivity contribution >= 4 is 23.6 Å². The number of aliphatic hydroxyl groups excluding tert-OH is 1. The van der Waals surface area contributed by atoms with Gasteiger partial charge in [-0.05, 0) is 17.7 Å². The Kier molecular flexibility index (Phi) is 5.55. The number of carbonyl (C=O) groups is 1. The molecule has 2 N–H and O–H groups in total. The van der Waals surface area contributed by atoms with Gasteiger partial charge >= 0.3 is 0 Å². The first-order chi connectivity index (χ1) is 10.2.